The predicted molar refractivity (Wildman–Crippen MR) is 79.5 cm³/mol. The zero-order chi connectivity index (χ0) is 13.9. The summed E-state index contributed by atoms with van der Waals surface area (Å²) in [6, 6.07) is 9.76. The standard InChI is InChI=1S/C12H8ClFN4S2/c13-9-5-6-10(19-9)20-12-16-11(17-18-12)15-8-3-1-7(14)2-4-8/h1-6H,(H2,15,16,17,18). The number of hydrogen-bond acceptors (Lipinski definition) is 5. The lowest BCUT2D eigenvalue weighted by Crippen LogP contribution is -1.92. The van der Waals surface area contributed by atoms with Gasteiger partial charge in [-0.15, -0.1) is 16.4 Å². The van der Waals surface area contributed by atoms with Crippen LogP contribution in [0.3, 0.4) is 0 Å². The van der Waals surface area contributed by atoms with Crippen LogP contribution in [-0.2, 0) is 0 Å². The molecular weight excluding hydrogens is 319 g/mol. The lowest BCUT2D eigenvalue weighted by Gasteiger charge is -2.00. The molecule has 1 aromatic carbocycles. The van der Waals surface area contributed by atoms with Gasteiger partial charge in [-0.2, -0.15) is 4.98 Å². The molecule has 0 aliphatic rings. The summed E-state index contributed by atoms with van der Waals surface area (Å²) in [6.07, 6.45) is 0. The number of nitrogens with one attached hydrogen (secondary N) is 2. The molecule has 0 amide bonds. The molecule has 8 heteroatoms. The first-order valence-electron chi connectivity index (χ1n) is 5.57. The second kappa shape index (κ2) is 5.82. The van der Waals surface area contributed by atoms with E-state index in [9.17, 15) is 4.39 Å². The third kappa shape index (κ3) is 3.30. The second-order valence-electron chi connectivity index (χ2n) is 3.76. The van der Waals surface area contributed by atoms with Crippen LogP contribution >= 0.6 is 34.7 Å². The number of rotatable bonds is 4. The van der Waals surface area contributed by atoms with E-state index >= 15 is 0 Å². The van der Waals surface area contributed by atoms with Crippen LogP contribution < -0.4 is 5.32 Å². The van der Waals surface area contributed by atoms with Gasteiger partial charge in [-0.25, -0.2) is 9.49 Å². The van der Waals surface area contributed by atoms with Crippen LogP contribution in [0.2, 0.25) is 4.34 Å². The molecular formula is C12H8ClFN4S2. The Balaban J connectivity index is 1.68. The summed E-state index contributed by atoms with van der Waals surface area (Å²) in [5, 5.41) is 10.5. The molecule has 3 rings (SSSR count). The molecule has 102 valence electrons. The number of aromatic amines is 1. The quantitative estimate of drug-likeness (QED) is 0.738. The Morgan fingerprint density at radius 1 is 1.20 bits per heavy atom. The summed E-state index contributed by atoms with van der Waals surface area (Å²) < 4.78 is 14.5. The number of H-pyrrole nitrogens is 1. The summed E-state index contributed by atoms with van der Waals surface area (Å²) >= 11 is 8.76. The molecule has 0 aliphatic heterocycles. The van der Waals surface area contributed by atoms with Gasteiger partial charge in [0.25, 0.3) is 0 Å². The molecule has 0 atom stereocenters. The average molecular weight is 327 g/mol. The normalized spacial score (nSPS) is 10.7. The molecule has 3 aromatic rings. The zero-order valence-electron chi connectivity index (χ0n) is 9.93. The van der Waals surface area contributed by atoms with Crippen LogP contribution in [0.15, 0.2) is 45.8 Å². The molecule has 20 heavy (non-hydrogen) atoms. The highest BCUT2D eigenvalue weighted by atomic mass is 35.5. The van der Waals surface area contributed by atoms with Gasteiger partial charge in [-0.3, -0.25) is 0 Å². The van der Waals surface area contributed by atoms with E-state index in [0.29, 0.717) is 11.1 Å². The van der Waals surface area contributed by atoms with Crippen molar-refractivity contribution >= 4 is 46.3 Å². The van der Waals surface area contributed by atoms with Crippen molar-refractivity contribution in [1.29, 1.82) is 0 Å². The first-order valence-corrected chi connectivity index (χ1v) is 7.58. The van der Waals surface area contributed by atoms with E-state index < -0.39 is 0 Å². The van der Waals surface area contributed by atoms with Gasteiger partial charge in [0.1, 0.15) is 5.82 Å². The van der Waals surface area contributed by atoms with E-state index in [2.05, 4.69) is 20.5 Å². The highest BCUT2D eigenvalue weighted by Crippen LogP contribution is 2.33. The maximum atomic E-state index is 12.8. The van der Waals surface area contributed by atoms with E-state index in [0.717, 1.165) is 14.2 Å². The predicted octanol–water partition coefficient (Wildman–Crippen LogP) is 4.55. The molecule has 2 heterocycles. The maximum absolute atomic E-state index is 12.8. The summed E-state index contributed by atoms with van der Waals surface area (Å²) in [6.45, 7) is 0. The highest BCUT2D eigenvalue weighted by Gasteiger charge is 2.07. The summed E-state index contributed by atoms with van der Waals surface area (Å²) in [5.74, 6) is 0.223. The van der Waals surface area contributed by atoms with E-state index in [1.54, 1.807) is 12.1 Å². The van der Waals surface area contributed by atoms with Gasteiger partial charge in [0, 0.05) is 5.69 Å². The van der Waals surface area contributed by atoms with Crippen molar-refractivity contribution in [3.05, 3.63) is 46.6 Å². The van der Waals surface area contributed by atoms with Crippen LogP contribution in [0.4, 0.5) is 16.0 Å². The molecule has 0 aliphatic carbocycles. The minimum atomic E-state index is -0.279. The average Bonchev–Trinajstić information content (AvgIpc) is 3.02. The van der Waals surface area contributed by atoms with Crippen molar-refractivity contribution in [2.75, 3.05) is 5.32 Å². The zero-order valence-corrected chi connectivity index (χ0v) is 12.3. The SMILES string of the molecule is Fc1ccc(Nc2nc(Sc3ccc(Cl)s3)n[nH]2)cc1. The summed E-state index contributed by atoms with van der Waals surface area (Å²) in [4.78, 5) is 4.29. The number of aromatic nitrogens is 3. The fraction of sp³-hybridized carbons (Fsp3) is 0. The number of benzene rings is 1. The van der Waals surface area contributed by atoms with Gasteiger partial charge in [0.15, 0.2) is 0 Å². The molecule has 2 aromatic heterocycles. The Morgan fingerprint density at radius 3 is 2.70 bits per heavy atom. The molecule has 0 fully saturated rings. The van der Waals surface area contributed by atoms with Crippen LogP contribution in [0.1, 0.15) is 0 Å². The van der Waals surface area contributed by atoms with Crippen molar-refractivity contribution in [2.45, 2.75) is 9.37 Å². The van der Waals surface area contributed by atoms with Gasteiger partial charge < -0.3 is 5.32 Å². The number of hydrogen-bond donors (Lipinski definition) is 2. The topological polar surface area (TPSA) is 53.6 Å². The molecule has 2 N–H and O–H groups in total. The number of halogens is 2. The molecule has 0 saturated heterocycles. The van der Waals surface area contributed by atoms with E-state index in [1.165, 1.54) is 35.2 Å². The van der Waals surface area contributed by atoms with Crippen molar-refractivity contribution < 1.29 is 4.39 Å². The first-order chi connectivity index (χ1) is 9.69. The number of nitrogens with zero attached hydrogens (tertiary/aromatic N) is 2. The maximum Gasteiger partial charge on any atom is 0.223 e. The number of anilines is 2. The van der Waals surface area contributed by atoms with Crippen LogP contribution in [0.5, 0.6) is 0 Å². The Bertz CT molecular complexity index is 710. The third-order valence-electron chi connectivity index (χ3n) is 2.31. The van der Waals surface area contributed by atoms with Crippen LogP contribution in [0.25, 0.3) is 0 Å². The number of thiophene rings is 1. The molecule has 0 unspecified atom stereocenters. The van der Waals surface area contributed by atoms with Crippen molar-refractivity contribution in [1.82, 2.24) is 15.2 Å². The molecule has 4 nitrogen and oxygen atoms in total. The minimum absolute atomic E-state index is 0.279. The smallest absolute Gasteiger partial charge is 0.223 e. The van der Waals surface area contributed by atoms with Gasteiger partial charge >= 0.3 is 0 Å². The van der Waals surface area contributed by atoms with Crippen molar-refractivity contribution in [2.24, 2.45) is 0 Å². The molecule has 0 saturated carbocycles. The summed E-state index contributed by atoms with van der Waals surface area (Å²) in [7, 11) is 0. The second-order valence-corrected chi connectivity index (χ2v) is 6.74. The van der Waals surface area contributed by atoms with Gasteiger partial charge in [0.2, 0.25) is 11.1 Å². The van der Waals surface area contributed by atoms with Gasteiger partial charge in [0.05, 0.1) is 8.55 Å². The Labute approximate surface area is 127 Å². The van der Waals surface area contributed by atoms with E-state index in [1.807, 2.05) is 12.1 Å². The molecule has 0 bridgehead atoms. The van der Waals surface area contributed by atoms with Gasteiger partial charge in [-0.1, -0.05) is 11.6 Å². The Morgan fingerprint density at radius 2 is 2.00 bits per heavy atom. The fourth-order valence-corrected chi connectivity index (χ4v) is 3.58. The third-order valence-corrected chi connectivity index (χ3v) is 4.54. The lowest BCUT2D eigenvalue weighted by molar-refractivity contribution is 0.628. The molecule has 0 radical (unpaired) electrons. The fourth-order valence-electron chi connectivity index (χ4n) is 1.46. The van der Waals surface area contributed by atoms with Crippen molar-refractivity contribution in [3.8, 4) is 0 Å². The van der Waals surface area contributed by atoms with Crippen molar-refractivity contribution in [3.63, 3.8) is 0 Å². The Hall–Kier alpha value is -1.57. The largest absolute Gasteiger partial charge is 0.325 e. The summed E-state index contributed by atoms with van der Waals surface area (Å²) in [5.41, 5.74) is 0.735. The highest BCUT2D eigenvalue weighted by molar-refractivity contribution is 8.01. The minimum Gasteiger partial charge on any atom is -0.325 e. The Kier molecular flexibility index (Phi) is 3.90. The molecule has 0 spiro atoms. The van der Waals surface area contributed by atoms with E-state index in [4.69, 9.17) is 11.6 Å². The first kappa shape index (κ1) is 13.4. The lowest BCUT2D eigenvalue weighted by atomic mass is 10.3. The van der Waals surface area contributed by atoms with Crippen LogP contribution in [-0.4, -0.2) is 15.2 Å². The van der Waals surface area contributed by atoms with E-state index in [-0.39, 0.29) is 5.82 Å². The monoisotopic (exact) mass is 326 g/mol. The van der Waals surface area contributed by atoms with Crippen LogP contribution in [0, 0.1) is 5.82 Å². The van der Waals surface area contributed by atoms with Gasteiger partial charge in [-0.05, 0) is 48.2 Å².